The monoisotopic (exact) mass is 404 g/mol. The van der Waals surface area contributed by atoms with Gasteiger partial charge in [0.05, 0.1) is 15.7 Å². The summed E-state index contributed by atoms with van der Waals surface area (Å²) < 4.78 is 15.8. The van der Waals surface area contributed by atoms with Crippen LogP contribution in [-0.4, -0.2) is 20.8 Å². The molecule has 2 heterocycles. The van der Waals surface area contributed by atoms with E-state index in [-0.39, 0.29) is 11.1 Å². The molecule has 3 rings (SSSR count). The zero-order chi connectivity index (χ0) is 17.4. The molecular formula is C16H10BrFN4OS. The van der Waals surface area contributed by atoms with Crippen LogP contribution < -0.4 is 5.56 Å². The fourth-order valence-corrected chi connectivity index (χ4v) is 3.19. The van der Waals surface area contributed by atoms with Gasteiger partial charge in [0.1, 0.15) is 17.5 Å². The lowest BCUT2D eigenvalue weighted by atomic mass is 10.1. The van der Waals surface area contributed by atoms with Crippen molar-refractivity contribution >= 4 is 38.7 Å². The first-order valence-electron chi connectivity index (χ1n) is 6.77. The second-order valence-electron chi connectivity index (χ2n) is 4.96. The molecule has 0 radical (unpaired) electrons. The molecule has 0 saturated heterocycles. The zero-order valence-electron chi connectivity index (χ0n) is 12.7. The molecule has 0 atom stereocenters. The van der Waals surface area contributed by atoms with Gasteiger partial charge in [0.2, 0.25) is 0 Å². The molecule has 0 aliphatic rings. The summed E-state index contributed by atoms with van der Waals surface area (Å²) in [5.41, 5.74) is 1.23. The molecule has 0 unspecified atom stereocenters. The molecule has 0 saturated carbocycles. The number of fused-ring (bicyclic) bond motifs is 1. The van der Waals surface area contributed by atoms with E-state index >= 15 is 0 Å². The van der Waals surface area contributed by atoms with E-state index in [0.717, 1.165) is 0 Å². The quantitative estimate of drug-likeness (QED) is 0.482. The molecule has 0 spiro atoms. The van der Waals surface area contributed by atoms with Gasteiger partial charge in [0.25, 0.3) is 5.56 Å². The van der Waals surface area contributed by atoms with E-state index in [1.807, 2.05) is 6.26 Å². The number of pyridine rings is 1. The predicted molar refractivity (Wildman–Crippen MR) is 94.4 cm³/mol. The van der Waals surface area contributed by atoms with Gasteiger partial charge in [-0.15, -0.1) is 0 Å². The number of rotatable bonds is 2. The number of thioether (sulfide) groups is 1. The number of halogens is 2. The van der Waals surface area contributed by atoms with Crippen LogP contribution in [0.15, 0.2) is 38.7 Å². The van der Waals surface area contributed by atoms with E-state index in [4.69, 9.17) is 5.26 Å². The molecular weight excluding hydrogens is 395 g/mol. The van der Waals surface area contributed by atoms with Crippen molar-refractivity contribution in [2.45, 2.75) is 5.16 Å². The molecule has 120 valence electrons. The minimum Gasteiger partial charge on any atom is -0.295 e. The lowest BCUT2D eigenvalue weighted by Crippen LogP contribution is -2.19. The Kier molecular flexibility index (Phi) is 4.39. The van der Waals surface area contributed by atoms with Crippen LogP contribution in [0.4, 0.5) is 4.39 Å². The van der Waals surface area contributed by atoms with Crippen molar-refractivity contribution in [2.75, 3.05) is 6.26 Å². The normalized spacial score (nSPS) is 10.8. The highest BCUT2D eigenvalue weighted by atomic mass is 79.9. The zero-order valence-corrected chi connectivity index (χ0v) is 15.1. The van der Waals surface area contributed by atoms with E-state index in [2.05, 4.69) is 25.9 Å². The maximum Gasteiger partial charge on any atom is 0.266 e. The molecule has 0 amide bonds. The first-order valence-corrected chi connectivity index (χ1v) is 8.79. The van der Waals surface area contributed by atoms with E-state index < -0.39 is 5.82 Å². The Morgan fingerprint density at radius 2 is 2.08 bits per heavy atom. The summed E-state index contributed by atoms with van der Waals surface area (Å²) in [6, 6.07) is 7.74. The molecule has 0 aliphatic carbocycles. The average molecular weight is 405 g/mol. The molecule has 0 aliphatic heterocycles. The summed E-state index contributed by atoms with van der Waals surface area (Å²) in [5.74, 6) is -0.614. The molecule has 0 bridgehead atoms. The number of nitriles is 1. The van der Waals surface area contributed by atoms with Crippen LogP contribution in [0.5, 0.6) is 0 Å². The van der Waals surface area contributed by atoms with Crippen molar-refractivity contribution in [3.8, 4) is 17.3 Å². The van der Waals surface area contributed by atoms with Crippen molar-refractivity contribution in [1.29, 1.82) is 5.26 Å². The maximum atomic E-state index is 14.0. The number of hydrogen-bond acceptors (Lipinski definition) is 5. The lowest BCUT2D eigenvalue weighted by molar-refractivity contribution is 0.624. The van der Waals surface area contributed by atoms with Gasteiger partial charge < -0.3 is 0 Å². The van der Waals surface area contributed by atoms with E-state index in [1.54, 1.807) is 25.2 Å². The number of nitrogens with zero attached hydrogens (tertiary/aromatic N) is 4. The Morgan fingerprint density at radius 1 is 1.33 bits per heavy atom. The largest absolute Gasteiger partial charge is 0.295 e. The summed E-state index contributed by atoms with van der Waals surface area (Å²) in [7, 11) is 1.62. The van der Waals surface area contributed by atoms with Crippen LogP contribution in [-0.2, 0) is 7.05 Å². The molecule has 0 fully saturated rings. The van der Waals surface area contributed by atoms with Crippen LogP contribution in [0.3, 0.4) is 0 Å². The van der Waals surface area contributed by atoms with Gasteiger partial charge in [-0.3, -0.25) is 9.36 Å². The van der Waals surface area contributed by atoms with E-state index in [0.29, 0.717) is 31.9 Å². The Hall–Kier alpha value is -2.24. The van der Waals surface area contributed by atoms with Crippen molar-refractivity contribution in [1.82, 2.24) is 14.5 Å². The van der Waals surface area contributed by atoms with Gasteiger partial charge in [0, 0.05) is 18.0 Å². The molecule has 1 aromatic carbocycles. The van der Waals surface area contributed by atoms with Crippen molar-refractivity contribution in [3.63, 3.8) is 0 Å². The fourth-order valence-electron chi connectivity index (χ4n) is 2.34. The number of aromatic nitrogens is 3. The summed E-state index contributed by atoms with van der Waals surface area (Å²) in [6.45, 7) is 0. The van der Waals surface area contributed by atoms with Crippen LogP contribution in [0, 0.1) is 17.1 Å². The summed E-state index contributed by atoms with van der Waals surface area (Å²) >= 11 is 4.56. The van der Waals surface area contributed by atoms with Crippen LogP contribution >= 0.6 is 27.7 Å². The minimum atomic E-state index is -0.614. The smallest absolute Gasteiger partial charge is 0.266 e. The van der Waals surface area contributed by atoms with E-state index in [9.17, 15) is 9.18 Å². The van der Waals surface area contributed by atoms with Gasteiger partial charge in [-0.1, -0.05) is 17.8 Å². The van der Waals surface area contributed by atoms with Crippen molar-refractivity contribution in [2.24, 2.45) is 7.05 Å². The van der Waals surface area contributed by atoms with Gasteiger partial charge >= 0.3 is 0 Å². The Morgan fingerprint density at radius 3 is 2.71 bits per heavy atom. The summed E-state index contributed by atoms with van der Waals surface area (Å²) in [5, 5.41) is 9.96. The Balaban J connectivity index is 2.41. The highest BCUT2D eigenvalue weighted by Crippen LogP contribution is 2.29. The summed E-state index contributed by atoms with van der Waals surface area (Å²) in [4.78, 5) is 21.0. The molecule has 8 heteroatoms. The maximum absolute atomic E-state index is 14.0. The molecule has 2 aromatic heterocycles. The Bertz CT molecular complexity index is 1070. The van der Waals surface area contributed by atoms with Crippen molar-refractivity contribution < 1.29 is 4.39 Å². The second kappa shape index (κ2) is 6.34. The second-order valence-corrected chi connectivity index (χ2v) is 6.59. The fraction of sp³-hybridized carbons (Fsp3) is 0.125. The minimum absolute atomic E-state index is 0.0317. The highest BCUT2D eigenvalue weighted by molar-refractivity contribution is 9.10. The number of benzene rings is 1. The third kappa shape index (κ3) is 2.70. The van der Waals surface area contributed by atoms with E-state index in [1.165, 1.54) is 28.5 Å². The van der Waals surface area contributed by atoms with Gasteiger partial charge in [-0.2, -0.15) is 5.26 Å². The molecule has 3 aromatic rings. The van der Waals surface area contributed by atoms with Gasteiger partial charge in [-0.25, -0.2) is 14.4 Å². The lowest BCUT2D eigenvalue weighted by Gasteiger charge is -2.11. The standard InChI is InChI=1S/C16H10BrFN4OS/c1-22-14-10(6-11(17)15(22)23)13(20-16(21-14)24-2)8-3-4-9(7-19)12(18)5-8/h3-6H,1-2H3. The first kappa shape index (κ1) is 16.6. The Labute approximate surface area is 149 Å². The summed E-state index contributed by atoms with van der Waals surface area (Å²) in [6.07, 6.45) is 1.82. The van der Waals surface area contributed by atoms with Crippen LogP contribution in [0.1, 0.15) is 5.56 Å². The third-order valence-electron chi connectivity index (χ3n) is 3.55. The van der Waals surface area contributed by atoms with Crippen molar-refractivity contribution in [3.05, 3.63) is 50.5 Å². The average Bonchev–Trinajstić information content (AvgIpc) is 2.59. The molecule has 5 nitrogen and oxygen atoms in total. The first-order chi connectivity index (χ1) is 11.5. The number of hydrogen-bond donors (Lipinski definition) is 0. The molecule has 0 N–H and O–H groups in total. The predicted octanol–water partition coefficient (Wildman–Crippen LogP) is 3.49. The number of aryl methyl sites for hydroxylation is 1. The topological polar surface area (TPSA) is 71.6 Å². The van der Waals surface area contributed by atoms with Gasteiger partial charge in [-0.05, 0) is 40.4 Å². The third-order valence-corrected chi connectivity index (χ3v) is 4.66. The molecule has 24 heavy (non-hydrogen) atoms. The highest BCUT2D eigenvalue weighted by Gasteiger charge is 2.15. The van der Waals surface area contributed by atoms with Crippen LogP contribution in [0.2, 0.25) is 0 Å². The van der Waals surface area contributed by atoms with Crippen LogP contribution in [0.25, 0.3) is 22.3 Å². The SMILES string of the molecule is CSc1nc(-c2ccc(C#N)c(F)c2)c2cc(Br)c(=O)n(C)c2n1. The van der Waals surface area contributed by atoms with Gasteiger partial charge in [0.15, 0.2) is 5.16 Å².